The van der Waals surface area contributed by atoms with Crippen molar-refractivity contribution >= 4 is 11.6 Å². The molecule has 0 saturated heterocycles. The quantitative estimate of drug-likeness (QED) is 0.721. The van der Waals surface area contributed by atoms with Crippen LogP contribution in [0.1, 0.15) is 41.4 Å². The molecule has 1 amide bonds. The van der Waals surface area contributed by atoms with Crippen LogP contribution < -0.4 is 15.8 Å². The molecule has 2 rings (SSSR count). The van der Waals surface area contributed by atoms with E-state index in [4.69, 9.17) is 15.7 Å². The number of rotatable bonds is 8. The lowest BCUT2D eigenvalue weighted by molar-refractivity contribution is 0.0947. The second-order valence-corrected chi connectivity index (χ2v) is 5.52. The molecular formula is C19H22N4O2. The van der Waals surface area contributed by atoms with Crippen LogP contribution in [-0.2, 0) is 6.42 Å². The number of amides is 1. The van der Waals surface area contributed by atoms with Crippen LogP contribution in [0.15, 0.2) is 36.4 Å². The van der Waals surface area contributed by atoms with Crippen molar-refractivity contribution in [2.75, 3.05) is 18.9 Å². The van der Waals surface area contributed by atoms with Gasteiger partial charge in [-0.15, -0.1) is 0 Å². The lowest BCUT2D eigenvalue weighted by atomic mass is 10.1. The van der Waals surface area contributed by atoms with E-state index < -0.39 is 0 Å². The molecule has 1 aromatic carbocycles. The minimum Gasteiger partial charge on any atom is -0.477 e. The van der Waals surface area contributed by atoms with Crippen molar-refractivity contribution in [2.24, 2.45) is 0 Å². The van der Waals surface area contributed by atoms with Crippen molar-refractivity contribution in [2.45, 2.75) is 26.2 Å². The molecule has 0 fully saturated rings. The molecule has 130 valence electrons. The molecule has 6 heteroatoms. The Morgan fingerprint density at radius 2 is 2.08 bits per heavy atom. The number of hydrogen-bond donors (Lipinski definition) is 2. The van der Waals surface area contributed by atoms with Crippen molar-refractivity contribution in [3.05, 3.63) is 53.2 Å². The minimum absolute atomic E-state index is 0.0965. The van der Waals surface area contributed by atoms with E-state index in [1.807, 2.05) is 24.3 Å². The van der Waals surface area contributed by atoms with E-state index in [2.05, 4.69) is 22.4 Å². The smallest absolute Gasteiger partial charge is 0.270 e. The second-order valence-electron chi connectivity index (χ2n) is 5.52. The van der Waals surface area contributed by atoms with E-state index in [0.29, 0.717) is 13.2 Å². The summed E-state index contributed by atoms with van der Waals surface area (Å²) < 4.78 is 5.30. The van der Waals surface area contributed by atoms with Crippen molar-refractivity contribution in [3.63, 3.8) is 0 Å². The Hall–Kier alpha value is -3.07. The molecule has 0 unspecified atom stereocenters. The van der Waals surface area contributed by atoms with Crippen molar-refractivity contribution in [1.82, 2.24) is 10.3 Å². The standard InChI is InChI=1S/C19H22N4O2/c1-2-25-19-15(13-20)16(21)12-17(23-19)18(24)22-11-7-6-10-14-8-4-3-5-9-14/h3-5,8-9,12H,2,6-7,10-11H2,1H3,(H2,21,23)(H,22,24). The molecule has 0 spiro atoms. The fourth-order valence-electron chi connectivity index (χ4n) is 2.40. The van der Waals surface area contributed by atoms with Gasteiger partial charge in [-0.25, -0.2) is 4.98 Å². The van der Waals surface area contributed by atoms with Gasteiger partial charge in [0.05, 0.1) is 12.3 Å². The van der Waals surface area contributed by atoms with Gasteiger partial charge in [-0.05, 0) is 37.8 Å². The van der Waals surface area contributed by atoms with Gasteiger partial charge < -0.3 is 15.8 Å². The fraction of sp³-hybridized carbons (Fsp3) is 0.316. The van der Waals surface area contributed by atoms with Gasteiger partial charge in [-0.1, -0.05) is 30.3 Å². The maximum absolute atomic E-state index is 12.2. The van der Waals surface area contributed by atoms with Crippen LogP contribution in [-0.4, -0.2) is 24.0 Å². The number of nitriles is 1. The summed E-state index contributed by atoms with van der Waals surface area (Å²) in [6.07, 6.45) is 2.83. The number of anilines is 1. The number of nitrogens with two attached hydrogens (primary N) is 1. The highest BCUT2D eigenvalue weighted by Gasteiger charge is 2.15. The first-order valence-electron chi connectivity index (χ1n) is 8.31. The molecule has 1 heterocycles. The molecule has 2 aromatic rings. The van der Waals surface area contributed by atoms with Gasteiger partial charge in [0.25, 0.3) is 5.91 Å². The number of ether oxygens (including phenoxy) is 1. The molecule has 3 N–H and O–H groups in total. The zero-order valence-corrected chi connectivity index (χ0v) is 14.3. The number of nitrogen functional groups attached to an aromatic ring is 1. The van der Waals surface area contributed by atoms with Crippen molar-refractivity contribution in [3.8, 4) is 11.9 Å². The topological polar surface area (TPSA) is 101 Å². The third kappa shape index (κ3) is 5.21. The molecule has 0 aliphatic carbocycles. The molecule has 0 atom stereocenters. The normalized spacial score (nSPS) is 10.1. The first-order chi connectivity index (χ1) is 12.2. The zero-order valence-electron chi connectivity index (χ0n) is 14.3. The predicted octanol–water partition coefficient (Wildman–Crippen LogP) is 2.69. The van der Waals surface area contributed by atoms with Gasteiger partial charge >= 0.3 is 0 Å². The number of carbonyl (C=O) groups excluding carboxylic acids is 1. The Balaban J connectivity index is 1.87. The number of nitrogens with zero attached hydrogens (tertiary/aromatic N) is 2. The van der Waals surface area contributed by atoms with Gasteiger partial charge in [0.2, 0.25) is 5.88 Å². The average Bonchev–Trinajstić information content (AvgIpc) is 2.62. The summed E-state index contributed by atoms with van der Waals surface area (Å²) in [5.41, 5.74) is 7.61. The molecule has 0 saturated carbocycles. The molecule has 0 aliphatic heterocycles. The lowest BCUT2D eigenvalue weighted by Crippen LogP contribution is -2.26. The number of pyridine rings is 1. The number of hydrogen-bond acceptors (Lipinski definition) is 5. The van der Waals surface area contributed by atoms with Gasteiger partial charge in [0.1, 0.15) is 17.3 Å². The van der Waals surface area contributed by atoms with E-state index in [9.17, 15) is 4.79 Å². The van der Waals surface area contributed by atoms with Gasteiger partial charge in [0.15, 0.2) is 0 Å². The fourth-order valence-corrected chi connectivity index (χ4v) is 2.40. The third-order valence-electron chi connectivity index (χ3n) is 3.66. The minimum atomic E-state index is -0.322. The maximum atomic E-state index is 12.2. The van der Waals surface area contributed by atoms with Crippen molar-refractivity contribution in [1.29, 1.82) is 5.26 Å². The predicted molar refractivity (Wildman–Crippen MR) is 96.2 cm³/mol. The van der Waals surface area contributed by atoms with E-state index >= 15 is 0 Å². The molecule has 1 aromatic heterocycles. The summed E-state index contributed by atoms with van der Waals surface area (Å²) in [6, 6.07) is 13.6. The van der Waals surface area contributed by atoms with Crippen LogP contribution in [0, 0.1) is 11.3 Å². The Morgan fingerprint density at radius 1 is 1.32 bits per heavy atom. The highest BCUT2D eigenvalue weighted by atomic mass is 16.5. The van der Waals surface area contributed by atoms with Gasteiger partial charge in [-0.3, -0.25) is 4.79 Å². The first-order valence-corrected chi connectivity index (χ1v) is 8.31. The lowest BCUT2D eigenvalue weighted by Gasteiger charge is -2.10. The Kier molecular flexibility index (Phi) is 6.78. The van der Waals surface area contributed by atoms with Gasteiger partial charge in [-0.2, -0.15) is 5.26 Å². The van der Waals surface area contributed by atoms with Crippen LogP contribution in [0.2, 0.25) is 0 Å². The van der Waals surface area contributed by atoms with Crippen LogP contribution in [0.3, 0.4) is 0 Å². The number of benzene rings is 1. The molecule has 6 nitrogen and oxygen atoms in total. The van der Waals surface area contributed by atoms with Crippen LogP contribution >= 0.6 is 0 Å². The third-order valence-corrected chi connectivity index (χ3v) is 3.66. The van der Waals surface area contributed by atoms with E-state index in [1.54, 1.807) is 6.92 Å². The van der Waals surface area contributed by atoms with Crippen molar-refractivity contribution < 1.29 is 9.53 Å². The summed E-state index contributed by atoms with van der Waals surface area (Å²) in [4.78, 5) is 16.3. The molecule has 25 heavy (non-hydrogen) atoms. The monoisotopic (exact) mass is 338 g/mol. The van der Waals surface area contributed by atoms with E-state index in [1.165, 1.54) is 11.6 Å². The van der Waals surface area contributed by atoms with Crippen LogP contribution in [0.4, 0.5) is 5.69 Å². The second kappa shape index (κ2) is 9.28. The molecule has 0 radical (unpaired) electrons. The number of aryl methyl sites for hydroxylation is 1. The Morgan fingerprint density at radius 3 is 2.76 bits per heavy atom. The number of aromatic nitrogens is 1. The Bertz CT molecular complexity index is 754. The SMILES string of the molecule is CCOc1nc(C(=O)NCCCCc2ccccc2)cc(N)c1C#N. The maximum Gasteiger partial charge on any atom is 0.270 e. The summed E-state index contributed by atoms with van der Waals surface area (Å²) >= 11 is 0. The Labute approximate surface area is 147 Å². The number of carbonyl (C=O) groups is 1. The van der Waals surface area contributed by atoms with E-state index in [0.717, 1.165) is 19.3 Å². The highest BCUT2D eigenvalue weighted by Crippen LogP contribution is 2.22. The van der Waals surface area contributed by atoms with Crippen LogP contribution in [0.5, 0.6) is 5.88 Å². The number of unbranched alkanes of at least 4 members (excludes halogenated alkanes) is 1. The van der Waals surface area contributed by atoms with Gasteiger partial charge in [0, 0.05) is 6.54 Å². The highest BCUT2D eigenvalue weighted by molar-refractivity contribution is 5.93. The summed E-state index contributed by atoms with van der Waals surface area (Å²) in [7, 11) is 0. The largest absolute Gasteiger partial charge is 0.477 e. The molecule has 0 bridgehead atoms. The molecular weight excluding hydrogens is 316 g/mol. The molecule has 0 aliphatic rings. The number of nitrogens with one attached hydrogen (secondary N) is 1. The van der Waals surface area contributed by atoms with Crippen LogP contribution in [0.25, 0.3) is 0 Å². The van der Waals surface area contributed by atoms with E-state index in [-0.39, 0.29) is 28.7 Å². The average molecular weight is 338 g/mol. The first kappa shape index (κ1) is 18.3. The zero-order chi connectivity index (χ0) is 18.1. The summed E-state index contributed by atoms with van der Waals surface area (Å²) in [5.74, 6) is -0.226. The summed E-state index contributed by atoms with van der Waals surface area (Å²) in [6.45, 7) is 2.67. The summed E-state index contributed by atoms with van der Waals surface area (Å²) in [5, 5.41) is 11.9.